The summed E-state index contributed by atoms with van der Waals surface area (Å²) in [4.78, 5) is 11.8. The normalized spacial score (nSPS) is 11.3. The average Bonchev–Trinajstić information content (AvgIpc) is 2.55. The van der Waals surface area contributed by atoms with E-state index in [0.29, 0.717) is 6.54 Å². The van der Waals surface area contributed by atoms with E-state index in [1.54, 1.807) is 0 Å². The number of rotatable bonds is 7. The molecule has 0 atom stereocenters. The van der Waals surface area contributed by atoms with E-state index in [4.69, 9.17) is 0 Å². The average molecular weight is 336 g/mol. The van der Waals surface area contributed by atoms with Crippen molar-refractivity contribution in [3.8, 4) is 0 Å². The summed E-state index contributed by atoms with van der Waals surface area (Å²) < 4.78 is 37.8. The standard InChI is InChI=1S/C18H19F3N2O/c19-18(20,21)15-7-4-8-16(13-15)23-17(24)10-12-22-11-9-14-5-2-1-3-6-14/h1-8,13,22H,9-12H2,(H,23,24). The van der Waals surface area contributed by atoms with Gasteiger partial charge in [0.05, 0.1) is 5.56 Å². The van der Waals surface area contributed by atoms with E-state index in [-0.39, 0.29) is 18.0 Å². The van der Waals surface area contributed by atoms with E-state index in [9.17, 15) is 18.0 Å². The molecule has 0 heterocycles. The Kier molecular flexibility index (Phi) is 6.37. The van der Waals surface area contributed by atoms with Gasteiger partial charge in [-0.3, -0.25) is 4.79 Å². The Morgan fingerprint density at radius 2 is 1.71 bits per heavy atom. The molecule has 0 aliphatic carbocycles. The summed E-state index contributed by atoms with van der Waals surface area (Å²) in [5.41, 5.74) is 0.582. The third kappa shape index (κ3) is 6.04. The largest absolute Gasteiger partial charge is 0.416 e. The predicted molar refractivity (Wildman–Crippen MR) is 87.7 cm³/mol. The summed E-state index contributed by atoms with van der Waals surface area (Å²) in [5, 5.41) is 5.63. The molecule has 2 aromatic rings. The van der Waals surface area contributed by atoms with Crippen LogP contribution in [0.3, 0.4) is 0 Å². The molecule has 0 saturated heterocycles. The molecule has 0 bridgehead atoms. The molecule has 0 spiro atoms. The molecule has 0 aliphatic heterocycles. The van der Waals surface area contributed by atoms with Gasteiger partial charge in [-0.2, -0.15) is 13.2 Å². The Morgan fingerprint density at radius 1 is 0.958 bits per heavy atom. The lowest BCUT2D eigenvalue weighted by atomic mass is 10.1. The van der Waals surface area contributed by atoms with E-state index in [1.165, 1.54) is 17.7 Å². The Labute approximate surface area is 138 Å². The summed E-state index contributed by atoms with van der Waals surface area (Å²) in [7, 11) is 0. The Bertz CT molecular complexity index is 657. The summed E-state index contributed by atoms with van der Waals surface area (Å²) in [6.07, 6.45) is -3.36. The first-order valence-corrected chi connectivity index (χ1v) is 7.67. The second-order valence-corrected chi connectivity index (χ2v) is 5.36. The molecule has 2 rings (SSSR count). The lowest BCUT2D eigenvalue weighted by Gasteiger charge is -2.10. The van der Waals surface area contributed by atoms with Crippen LogP contribution in [0.15, 0.2) is 54.6 Å². The number of nitrogens with one attached hydrogen (secondary N) is 2. The molecule has 2 N–H and O–H groups in total. The zero-order valence-electron chi connectivity index (χ0n) is 13.1. The zero-order valence-corrected chi connectivity index (χ0v) is 13.1. The monoisotopic (exact) mass is 336 g/mol. The van der Waals surface area contributed by atoms with E-state index in [2.05, 4.69) is 10.6 Å². The van der Waals surface area contributed by atoms with Gasteiger partial charge in [-0.25, -0.2) is 0 Å². The van der Waals surface area contributed by atoms with Crippen molar-refractivity contribution >= 4 is 11.6 Å². The number of anilines is 1. The highest BCUT2D eigenvalue weighted by atomic mass is 19.4. The van der Waals surface area contributed by atoms with Gasteiger partial charge >= 0.3 is 6.18 Å². The van der Waals surface area contributed by atoms with Crippen LogP contribution in [0.1, 0.15) is 17.5 Å². The number of alkyl halides is 3. The Morgan fingerprint density at radius 3 is 2.42 bits per heavy atom. The first-order valence-electron chi connectivity index (χ1n) is 7.67. The number of halogens is 3. The summed E-state index contributed by atoms with van der Waals surface area (Å²) in [6, 6.07) is 14.6. The number of carbonyl (C=O) groups excluding carboxylic acids is 1. The molecular formula is C18H19F3N2O. The van der Waals surface area contributed by atoms with E-state index >= 15 is 0 Å². The van der Waals surface area contributed by atoms with Crippen LogP contribution in [0, 0.1) is 0 Å². The van der Waals surface area contributed by atoms with Crippen LogP contribution >= 0.6 is 0 Å². The van der Waals surface area contributed by atoms with Crippen molar-refractivity contribution in [2.75, 3.05) is 18.4 Å². The minimum atomic E-state index is -4.42. The summed E-state index contributed by atoms with van der Waals surface area (Å²) >= 11 is 0. The number of benzene rings is 2. The molecule has 1 amide bonds. The fourth-order valence-electron chi connectivity index (χ4n) is 2.20. The fraction of sp³-hybridized carbons (Fsp3) is 0.278. The maximum atomic E-state index is 12.6. The zero-order chi connectivity index (χ0) is 17.4. The quantitative estimate of drug-likeness (QED) is 0.754. The van der Waals surface area contributed by atoms with Crippen molar-refractivity contribution in [3.63, 3.8) is 0 Å². The molecule has 0 fully saturated rings. The summed E-state index contributed by atoms with van der Waals surface area (Å²) in [5.74, 6) is -0.318. The molecule has 0 saturated carbocycles. The van der Waals surface area contributed by atoms with Crippen LogP contribution < -0.4 is 10.6 Å². The predicted octanol–water partition coefficient (Wildman–Crippen LogP) is 3.87. The minimum Gasteiger partial charge on any atom is -0.326 e. The molecule has 128 valence electrons. The topological polar surface area (TPSA) is 41.1 Å². The van der Waals surface area contributed by atoms with Crippen molar-refractivity contribution in [2.24, 2.45) is 0 Å². The van der Waals surface area contributed by atoms with E-state index in [1.807, 2.05) is 30.3 Å². The third-order valence-electron chi connectivity index (χ3n) is 3.44. The van der Waals surface area contributed by atoms with Gasteiger partial charge in [0.25, 0.3) is 0 Å². The van der Waals surface area contributed by atoms with Crippen molar-refractivity contribution in [1.29, 1.82) is 0 Å². The molecule has 3 nitrogen and oxygen atoms in total. The highest BCUT2D eigenvalue weighted by Gasteiger charge is 2.30. The van der Waals surface area contributed by atoms with Gasteiger partial charge in [0.15, 0.2) is 0 Å². The van der Waals surface area contributed by atoms with Crippen LogP contribution in [0.25, 0.3) is 0 Å². The van der Waals surface area contributed by atoms with Gasteiger partial charge in [-0.1, -0.05) is 36.4 Å². The number of hydrogen-bond donors (Lipinski definition) is 2. The Balaban J connectivity index is 1.70. The molecular weight excluding hydrogens is 317 g/mol. The first-order chi connectivity index (χ1) is 11.4. The van der Waals surface area contributed by atoms with Gasteiger partial charge in [0.1, 0.15) is 0 Å². The van der Waals surface area contributed by atoms with Gasteiger partial charge in [-0.05, 0) is 36.7 Å². The second-order valence-electron chi connectivity index (χ2n) is 5.36. The van der Waals surface area contributed by atoms with Crippen LogP contribution in [-0.2, 0) is 17.4 Å². The van der Waals surface area contributed by atoms with E-state index < -0.39 is 11.7 Å². The second kappa shape index (κ2) is 8.49. The van der Waals surface area contributed by atoms with Crippen LogP contribution in [0.2, 0.25) is 0 Å². The molecule has 0 aromatic heterocycles. The van der Waals surface area contributed by atoms with Crippen molar-refractivity contribution in [2.45, 2.75) is 19.0 Å². The first kappa shape index (κ1) is 18.0. The number of amides is 1. The molecule has 0 unspecified atom stereocenters. The smallest absolute Gasteiger partial charge is 0.326 e. The maximum Gasteiger partial charge on any atom is 0.416 e. The number of carbonyl (C=O) groups is 1. The van der Waals surface area contributed by atoms with Crippen LogP contribution in [0.4, 0.5) is 18.9 Å². The minimum absolute atomic E-state index is 0.152. The van der Waals surface area contributed by atoms with Crippen molar-refractivity contribution in [3.05, 3.63) is 65.7 Å². The van der Waals surface area contributed by atoms with Gasteiger partial charge in [0, 0.05) is 18.7 Å². The number of hydrogen-bond acceptors (Lipinski definition) is 2. The highest BCUT2D eigenvalue weighted by Crippen LogP contribution is 2.30. The van der Waals surface area contributed by atoms with Crippen LogP contribution in [-0.4, -0.2) is 19.0 Å². The van der Waals surface area contributed by atoms with Gasteiger partial charge in [0.2, 0.25) is 5.91 Å². The molecule has 0 aliphatic rings. The third-order valence-corrected chi connectivity index (χ3v) is 3.44. The molecule has 0 radical (unpaired) electrons. The molecule has 6 heteroatoms. The van der Waals surface area contributed by atoms with E-state index in [0.717, 1.165) is 25.1 Å². The maximum absolute atomic E-state index is 12.6. The van der Waals surface area contributed by atoms with Gasteiger partial charge in [-0.15, -0.1) is 0 Å². The lowest BCUT2D eigenvalue weighted by Crippen LogP contribution is -2.23. The molecule has 24 heavy (non-hydrogen) atoms. The SMILES string of the molecule is O=C(CCNCCc1ccccc1)Nc1cccc(C(F)(F)F)c1. The van der Waals surface area contributed by atoms with Crippen molar-refractivity contribution < 1.29 is 18.0 Å². The van der Waals surface area contributed by atoms with Gasteiger partial charge < -0.3 is 10.6 Å². The Hall–Kier alpha value is -2.34. The lowest BCUT2D eigenvalue weighted by molar-refractivity contribution is -0.137. The highest BCUT2D eigenvalue weighted by molar-refractivity contribution is 5.90. The van der Waals surface area contributed by atoms with Crippen molar-refractivity contribution in [1.82, 2.24) is 5.32 Å². The van der Waals surface area contributed by atoms with Crippen LogP contribution in [0.5, 0.6) is 0 Å². The molecule has 2 aromatic carbocycles. The fourth-order valence-corrected chi connectivity index (χ4v) is 2.20. The summed E-state index contributed by atoms with van der Waals surface area (Å²) in [6.45, 7) is 1.21.